The first-order chi connectivity index (χ1) is 15.2. The molecule has 32 heavy (non-hydrogen) atoms. The Bertz CT molecular complexity index is 617. The number of carbonyl (C=O) groups is 5. The van der Waals surface area contributed by atoms with Crippen LogP contribution in [-0.2, 0) is 28.7 Å². The average Bonchev–Trinajstić information content (AvgIpc) is 2.71. The van der Waals surface area contributed by atoms with Crippen molar-refractivity contribution in [1.82, 2.24) is 16.0 Å². The number of carboxylic acids is 3. The van der Waals surface area contributed by atoms with Crippen LogP contribution in [0, 0.1) is 0 Å². The van der Waals surface area contributed by atoms with Gasteiger partial charge in [0.05, 0.1) is 26.4 Å². The Kier molecular flexibility index (Phi) is 16.0. The molecule has 0 rings (SSSR count). The highest BCUT2D eigenvalue weighted by Crippen LogP contribution is 2.03. The molecule has 0 fully saturated rings. The van der Waals surface area contributed by atoms with Crippen LogP contribution >= 0.6 is 0 Å². The number of rotatable bonds is 19. The molecule has 0 radical (unpaired) electrons. The maximum Gasteiger partial charge on any atom is 0.326 e. The number of quaternary nitrogens is 1. The number of hydrogen-bond donors (Lipinski definition) is 7. The normalized spacial score (nSPS) is 12.4. The van der Waals surface area contributed by atoms with E-state index in [1.165, 1.54) is 0 Å². The predicted octanol–water partition coefficient (Wildman–Crippen LogP) is -2.38. The summed E-state index contributed by atoms with van der Waals surface area (Å²) in [7, 11) is 0. The molecule has 0 aliphatic carbocycles. The highest BCUT2D eigenvalue weighted by Gasteiger charge is 2.24. The Morgan fingerprint density at radius 3 is 1.97 bits per heavy atom. The minimum atomic E-state index is -1.46. The fraction of sp³-hybridized carbons (Fsp3) is 0.722. The molecule has 0 aliphatic heterocycles. The molecule has 0 unspecified atom stereocenters. The fourth-order valence-electron chi connectivity index (χ4n) is 2.38. The second-order valence-corrected chi connectivity index (χ2v) is 6.70. The van der Waals surface area contributed by atoms with Gasteiger partial charge in [0, 0.05) is 13.0 Å². The van der Waals surface area contributed by atoms with E-state index < -0.39 is 42.4 Å². The van der Waals surface area contributed by atoms with Gasteiger partial charge < -0.3 is 46.5 Å². The third kappa shape index (κ3) is 15.8. The molecular formula is C18H33N4O10+. The van der Waals surface area contributed by atoms with E-state index in [0.717, 1.165) is 0 Å². The lowest BCUT2D eigenvalue weighted by Gasteiger charge is -2.18. The van der Waals surface area contributed by atoms with Crippen LogP contribution < -0.4 is 21.7 Å². The summed E-state index contributed by atoms with van der Waals surface area (Å²) in [5.74, 6) is -4.29. The smallest absolute Gasteiger partial charge is 0.326 e. The van der Waals surface area contributed by atoms with E-state index >= 15 is 0 Å². The molecule has 184 valence electrons. The van der Waals surface area contributed by atoms with Gasteiger partial charge in [-0.2, -0.15) is 0 Å². The van der Waals surface area contributed by atoms with Gasteiger partial charge in [0.25, 0.3) is 0 Å². The molecular weight excluding hydrogens is 432 g/mol. The Labute approximate surface area is 184 Å². The summed E-state index contributed by atoms with van der Waals surface area (Å²) in [5.41, 5.74) is 3.62. The van der Waals surface area contributed by atoms with Gasteiger partial charge in [-0.05, 0) is 25.7 Å². The number of amides is 3. The van der Waals surface area contributed by atoms with E-state index in [4.69, 9.17) is 19.7 Å². The van der Waals surface area contributed by atoms with Gasteiger partial charge in [0.2, 0.25) is 5.91 Å². The third-order valence-electron chi connectivity index (χ3n) is 3.99. The van der Waals surface area contributed by atoms with E-state index in [-0.39, 0.29) is 38.5 Å². The minimum Gasteiger partial charge on any atom is -0.481 e. The first-order valence-electron chi connectivity index (χ1n) is 10.1. The molecule has 0 aromatic rings. The number of carboxylic acid groups (broad SMARTS) is 3. The number of unbranched alkanes of at least 4 members (excludes halogenated alkanes) is 1. The van der Waals surface area contributed by atoms with Crippen LogP contribution in [0.3, 0.4) is 0 Å². The molecule has 0 bridgehead atoms. The molecule has 0 aromatic carbocycles. The van der Waals surface area contributed by atoms with Crippen LogP contribution in [0.15, 0.2) is 0 Å². The van der Waals surface area contributed by atoms with Gasteiger partial charge in [0.1, 0.15) is 18.7 Å². The Morgan fingerprint density at radius 2 is 1.41 bits per heavy atom. The first kappa shape index (κ1) is 29.0. The molecule has 0 saturated carbocycles. The third-order valence-corrected chi connectivity index (χ3v) is 3.99. The minimum absolute atomic E-state index is 0.0472. The lowest BCUT2D eigenvalue weighted by atomic mass is 10.1. The van der Waals surface area contributed by atoms with Gasteiger partial charge in [0.15, 0.2) is 0 Å². The lowest BCUT2D eigenvalue weighted by Crippen LogP contribution is -2.52. The van der Waals surface area contributed by atoms with E-state index in [1.54, 1.807) is 0 Å². The monoisotopic (exact) mass is 465 g/mol. The van der Waals surface area contributed by atoms with Crippen LogP contribution in [0.2, 0.25) is 0 Å². The summed E-state index contributed by atoms with van der Waals surface area (Å²) in [4.78, 5) is 56.5. The molecule has 3 amide bonds. The molecule has 2 atom stereocenters. The fourth-order valence-corrected chi connectivity index (χ4v) is 2.38. The Morgan fingerprint density at radius 1 is 0.812 bits per heavy atom. The van der Waals surface area contributed by atoms with Crippen LogP contribution in [0.1, 0.15) is 32.1 Å². The number of hydrogen-bond acceptors (Lipinski definition) is 7. The van der Waals surface area contributed by atoms with Crippen molar-refractivity contribution in [3.05, 3.63) is 0 Å². The number of aliphatic carboxylic acids is 3. The highest BCUT2D eigenvalue weighted by atomic mass is 16.5. The predicted molar refractivity (Wildman–Crippen MR) is 108 cm³/mol. The number of carbonyl (C=O) groups excluding carboxylic acids is 2. The second-order valence-electron chi connectivity index (χ2n) is 6.70. The van der Waals surface area contributed by atoms with Crippen molar-refractivity contribution in [1.29, 1.82) is 0 Å². The maximum absolute atomic E-state index is 11.9. The second kappa shape index (κ2) is 17.7. The average molecular weight is 465 g/mol. The van der Waals surface area contributed by atoms with Gasteiger partial charge in [-0.1, -0.05) is 0 Å². The van der Waals surface area contributed by atoms with Gasteiger partial charge in [-0.25, -0.2) is 14.4 Å². The molecule has 0 aromatic heterocycles. The quantitative estimate of drug-likeness (QED) is 0.100. The van der Waals surface area contributed by atoms with E-state index in [9.17, 15) is 29.1 Å². The van der Waals surface area contributed by atoms with Crippen LogP contribution in [0.5, 0.6) is 0 Å². The zero-order valence-electron chi connectivity index (χ0n) is 17.8. The maximum atomic E-state index is 11.9. The van der Waals surface area contributed by atoms with Crippen molar-refractivity contribution < 1.29 is 54.5 Å². The van der Waals surface area contributed by atoms with Crippen molar-refractivity contribution >= 4 is 29.8 Å². The van der Waals surface area contributed by atoms with Gasteiger partial charge >= 0.3 is 23.9 Å². The zero-order chi connectivity index (χ0) is 24.4. The highest BCUT2D eigenvalue weighted by molar-refractivity contribution is 5.86. The lowest BCUT2D eigenvalue weighted by molar-refractivity contribution is -0.374. The summed E-state index contributed by atoms with van der Waals surface area (Å²) >= 11 is 0. The van der Waals surface area contributed by atoms with Crippen molar-refractivity contribution in [2.75, 3.05) is 39.5 Å². The van der Waals surface area contributed by atoms with Crippen molar-refractivity contribution in [2.45, 2.75) is 44.2 Å². The molecule has 14 nitrogen and oxygen atoms in total. The summed E-state index contributed by atoms with van der Waals surface area (Å²) in [6, 6.07) is -3.77. The number of ether oxygens (including phenoxy) is 2. The first-order valence-corrected chi connectivity index (χ1v) is 10.1. The van der Waals surface area contributed by atoms with Crippen LogP contribution in [-0.4, -0.2) is 96.8 Å². The van der Waals surface area contributed by atoms with Crippen molar-refractivity contribution in [2.24, 2.45) is 0 Å². The van der Waals surface area contributed by atoms with Crippen molar-refractivity contribution in [3.63, 3.8) is 0 Å². The Hall–Kier alpha value is -2.97. The molecule has 14 heteroatoms. The number of urea groups is 1. The van der Waals surface area contributed by atoms with Crippen LogP contribution in [0.4, 0.5) is 4.79 Å². The summed E-state index contributed by atoms with van der Waals surface area (Å²) in [6.45, 7) is 1.98. The number of nitrogens with one attached hydrogen (secondary N) is 3. The summed E-state index contributed by atoms with van der Waals surface area (Å²) < 4.78 is 10.3. The summed E-state index contributed by atoms with van der Waals surface area (Å²) in [6.07, 6.45) is 0.0370. The van der Waals surface area contributed by atoms with E-state index in [0.29, 0.717) is 32.6 Å². The molecule has 0 aliphatic rings. The molecule has 9 N–H and O–H groups in total. The molecule has 0 spiro atoms. The van der Waals surface area contributed by atoms with E-state index in [2.05, 4.69) is 21.7 Å². The van der Waals surface area contributed by atoms with Crippen molar-refractivity contribution in [3.8, 4) is 0 Å². The van der Waals surface area contributed by atoms with E-state index in [1.807, 2.05) is 0 Å². The molecule has 0 saturated heterocycles. The SMILES string of the molecule is [NH3+]CCOCCOCC(=O)NCCCC[C@H](NC(=O)N[C@@H](CCC(=O)O)C(=O)O)C(=O)O. The van der Waals surface area contributed by atoms with Crippen LogP contribution in [0.25, 0.3) is 0 Å². The summed E-state index contributed by atoms with van der Waals surface area (Å²) in [5, 5.41) is 33.7. The van der Waals surface area contributed by atoms with Gasteiger partial charge in [-0.3, -0.25) is 9.59 Å². The topological polar surface area (TPSA) is 228 Å². The Balaban J connectivity index is 4.14. The zero-order valence-corrected chi connectivity index (χ0v) is 17.8. The molecule has 0 heterocycles. The standard InChI is InChI=1S/C18H32N4O10/c19-6-8-31-9-10-32-11-14(23)20-7-2-1-3-12(16(26)27)21-18(30)22-13(17(28)29)4-5-15(24)25/h12-13H,1-11,19H2,(H,20,23)(H,24,25)(H,26,27)(H,28,29)(H2,21,22,30)/p+1/t12-,13-/m0/s1. The largest absolute Gasteiger partial charge is 0.481 e. The van der Waals surface area contributed by atoms with Gasteiger partial charge in [-0.15, -0.1) is 0 Å².